The molecule has 1 unspecified atom stereocenters. The molecule has 0 aliphatic heterocycles. The van der Waals surface area contributed by atoms with E-state index in [1.807, 2.05) is 12.1 Å². The van der Waals surface area contributed by atoms with Gasteiger partial charge in [0.2, 0.25) is 0 Å². The number of benzene rings is 1. The third-order valence-electron chi connectivity index (χ3n) is 1.77. The van der Waals surface area contributed by atoms with Crippen molar-refractivity contribution in [1.82, 2.24) is 0 Å². The van der Waals surface area contributed by atoms with Gasteiger partial charge in [-0.1, -0.05) is 30.5 Å². The molecule has 0 bridgehead atoms. The molecule has 0 radical (unpaired) electrons. The van der Waals surface area contributed by atoms with Gasteiger partial charge in [-0.15, -0.1) is 0 Å². The van der Waals surface area contributed by atoms with Gasteiger partial charge in [0.1, 0.15) is 0 Å². The molecule has 0 heterocycles. The van der Waals surface area contributed by atoms with Crippen molar-refractivity contribution in [3.63, 3.8) is 0 Å². The van der Waals surface area contributed by atoms with Crippen LogP contribution in [-0.4, -0.2) is 0 Å². The molecule has 12 heavy (non-hydrogen) atoms. The summed E-state index contributed by atoms with van der Waals surface area (Å²) in [6.07, 6.45) is 0. The van der Waals surface area contributed by atoms with Gasteiger partial charge in [0.05, 0.1) is 0 Å². The Labute approximate surface area is 73.1 Å². The fourth-order valence-electron chi connectivity index (χ4n) is 0.981. The minimum Gasteiger partial charge on any atom is -0.591 e. The lowest BCUT2D eigenvalue weighted by atomic mass is 10.0. The Morgan fingerprint density at radius 1 is 1.25 bits per heavy atom. The Hall–Kier alpha value is -0.720. The predicted molar refractivity (Wildman–Crippen MR) is 47.8 cm³/mol. The predicted octanol–water partition coefficient (Wildman–Crippen LogP) is 1.54. The minimum atomic E-state index is -2.43. The zero-order chi connectivity index (χ0) is 9.14. The molecule has 0 spiro atoms. The number of rotatable bonds is 2. The Balaban J connectivity index is 2.93. The quantitative estimate of drug-likeness (QED) is 0.651. The molecule has 0 aromatic heterocycles. The van der Waals surface area contributed by atoms with E-state index in [0.29, 0.717) is 11.2 Å². The number of hydrogen-bond donors (Lipinski definition) is 0. The average Bonchev–Trinajstić information content (AvgIpc) is 2.04. The van der Waals surface area contributed by atoms with Crippen LogP contribution in [0.3, 0.4) is 0 Å². The molecule has 0 fully saturated rings. The Morgan fingerprint density at radius 3 is 2.08 bits per heavy atom. The Kier molecular flexibility index (Phi) is 2.96. The van der Waals surface area contributed by atoms with E-state index in [2.05, 4.69) is 13.8 Å². The fraction of sp³-hybridized carbons (Fsp3) is 0.333. The van der Waals surface area contributed by atoms with E-state index in [-0.39, 0.29) is 0 Å². The molecular weight excluding hydrogens is 171 g/mol. The molecule has 0 aliphatic carbocycles. The van der Waals surface area contributed by atoms with E-state index in [0.717, 1.165) is 5.56 Å². The van der Waals surface area contributed by atoms with Gasteiger partial charge in [-0.2, -0.15) is 0 Å². The van der Waals surface area contributed by atoms with Crippen LogP contribution < -0.4 is 10.2 Å². The van der Waals surface area contributed by atoms with Crippen molar-refractivity contribution in [3.8, 4) is 0 Å². The highest BCUT2D eigenvalue weighted by Crippen LogP contribution is 2.15. The highest BCUT2D eigenvalue weighted by molar-refractivity contribution is 7.45. The second-order valence-electron chi connectivity index (χ2n) is 3.00. The third kappa shape index (κ3) is 2.13. The molecule has 0 saturated carbocycles. The van der Waals surface area contributed by atoms with Crippen LogP contribution in [0.1, 0.15) is 25.3 Å². The first-order valence-corrected chi connectivity index (χ1v) is 5.03. The maximum atomic E-state index is 10.5. The summed E-state index contributed by atoms with van der Waals surface area (Å²) in [5.41, 5.74) is 1.16. The average molecular weight is 182 g/mol. The van der Waals surface area contributed by atoms with Crippen molar-refractivity contribution in [2.45, 2.75) is 19.8 Å². The molecule has 0 amide bonds. The largest absolute Gasteiger partial charge is 0.591 e. The van der Waals surface area contributed by atoms with Crippen LogP contribution in [0.5, 0.6) is 0 Å². The summed E-state index contributed by atoms with van der Waals surface area (Å²) in [7, 11) is -2.43. The molecule has 0 aliphatic rings. The fourth-order valence-corrected chi connectivity index (χ4v) is 1.37. The Morgan fingerprint density at radius 2 is 1.75 bits per heavy atom. The van der Waals surface area contributed by atoms with Crippen molar-refractivity contribution in [3.05, 3.63) is 29.8 Å². The van der Waals surface area contributed by atoms with Crippen molar-refractivity contribution < 1.29 is 9.46 Å². The Bertz CT molecular complexity index is 277. The van der Waals surface area contributed by atoms with Crippen LogP contribution >= 0.6 is 8.03 Å². The lowest BCUT2D eigenvalue weighted by Crippen LogP contribution is -2.04. The molecule has 2 nitrogen and oxygen atoms in total. The van der Waals surface area contributed by atoms with E-state index < -0.39 is 8.03 Å². The lowest BCUT2D eigenvalue weighted by molar-refractivity contribution is -0.160. The first-order chi connectivity index (χ1) is 5.61. The van der Waals surface area contributed by atoms with Gasteiger partial charge in [0.15, 0.2) is 5.30 Å². The van der Waals surface area contributed by atoms with Gasteiger partial charge >= 0.3 is 8.03 Å². The summed E-state index contributed by atoms with van der Waals surface area (Å²) in [5.74, 6) is 0.448. The maximum Gasteiger partial charge on any atom is 0.348 e. The summed E-state index contributed by atoms with van der Waals surface area (Å²) >= 11 is 0. The maximum absolute atomic E-state index is 10.5. The van der Waals surface area contributed by atoms with Crippen LogP contribution in [0.25, 0.3) is 0 Å². The van der Waals surface area contributed by atoms with Gasteiger partial charge < -0.3 is 4.89 Å². The summed E-state index contributed by atoms with van der Waals surface area (Å²) in [6, 6.07) is 6.98. The molecule has 1 rings (SSSR count). The lowest BCUT2D eigenvalue weighted by Gasteiger charge is -2.02. The zero-order valence-electron chi connectivity index (χ0n) is 7.15. The summed E-state index contributed by atoms with van der Waals surface area (Å²) in [6.45, 7) is 4.15. The van der Waals surface area contributed by atoms with E-state index in [1.165, 1.54) is 0 Å². The summed E-state index contributed by atoms with van der Waals surface area (Å²) in [4.78, 5) is 10.5. The van der Waals surface area contributed by atoms with E-state index in [1.54, 1.807) is 12.1 Å². The van der Waals surface area contributed by atoms with Crippen molar-refractivity contribution in [2.24, 2.45) is 0 Å². The highest BCUT2D eigenvalue weighted by Gasteiger charge is 2.06. The number of hydrogen-bond acceptors (Lipinski definition) is 2. The van der Waals surface area contributed by atoms with Gasteiger partial charge in [-0.3, -0.25) is 0 Å². The smallest absolute Gasteiger partial charge is 0.348 e. The highest BCUT2D eigenvalue weighted by atomic mass is 31.1. The normalized spacial score (nSPS) is 11.8. The van der Waals surface area contributed by atoms with E-state index >= 15 is 0 Å². The summed E-state index contributed by atoms with van der Waals surface area (Å²) < 4.78 is 10.5. The van der Waals surface area contributed by atoms with Gasteiger partial charge in [0, 0.05) is 0 Å². The van der Waals surface area contributed by atoms with Gasteiger partial charge in [-0.05, 0) is 23.6 Å². The first-order valence-electron chi connectivity index (χ1n) is 3.85. The molecule has 64 valence electrons. The molecule has 3 heteroatoms. The van der Waals surface area contributed by atoms with Crippen LogP contribution in [0.15, 0.2) is 24.3 Å². The zero-order valence-corrected chi connectivity index (χ0v) is 8.04. The van der Waals surface area contributed by atoms with Crippen LogP contribution in [-0.2, 0) is 4.57 Å². The van der Waals surface area contributed by atoms with E-state index in [4.69, 9.17) is 0 Å². The van der Waals surface area contributed by atoms with Crippen LogP contribution in [0.4, 0.5) is 0 Å². The van der Waals surface area contributed by atoms with E-state index in [9.17, 15) is 9.46 Å². The topological polar surface area (TPSA) is 40.1 Å². The van der Waals surface area contributed by atoms with Crippen molar-refractivity contribution in [1.29, 1.82) is 0 Å². The van der Waals surface area contributed by atoms with Crippen molar-refractivity contribution >= 4 is 13.3 Å². The van der Waals surface area contributed by atoms with Crippen molar-refractivity contribution in [2.75, 3.05) is 0 Å². The van der Waals surface area contributed by atoms with Crippen LogP contribution in [0, 0.1) is 0 Å². The van der Waals surface area contributed by atoms with Gasteiger partial charge in [0.25, 0.3) is 0 Å². The first kappa shape index (κ1) is 9.37. The molecule has 0 N–H and O–H groups in total. The molecule has 0 saturated heterocycles. The second kappa shape index (κ2) is 3.79. The molecular formula is C9H11O2P. The molecule has 1 atom stereocenters. The third-order valence-corrected chi connectivity index (χ3v) is 2.49. The second-order valence-corrected chi connectivity index (χ2v) is 4.03. The van der Waals surface area contributed by atoms with Crippen LogP contribution in [0.2, 0.25) is 0 Å². The standard InChI is InChI=1S/C9H11O2P/c1-7(2)8-3-5-9(6-4-8)12(10)11/h3-7H,1-2H3. The monoisotopic (exact) mass is 182 g/mol. The molecule has 1 aromatic carbocycles. The minimum absolute atomic E-state index is 0.384. The SMILES string of the molecule is CC(C)c1ccc([P+](=O)[O-])cc1. The molecule has 1 aromatic rings. The summed E-state index contributed by atoms with van der Waals surface area (Å²) in [5, 5.41) is 0.384. The van der Waals surface area contributed by atoms with Gasteiger partial charge in [-0.25, -0.2) is 0 Å².